The van der Waals surface area contributed by atoms with Gasteiger partial charge in [-0.25, -0.2) is 4.79 Å². The van der Waals surface area contributed by atoms with E-state index in [0.717, 1.165) is 0 Å². The van der Waals surface area contributed by atoms with Gasteiger partial charge in [-0.1, -0.05) is 23.2 Å². The van der Waals surface area contributed by atoms with Crippen LogP contribution in [0.2, 0.25) is 10.0 Å². The van der Waals surface area contributed by atoms with Crippen LogP contribution in [0.4, 0.5) is 0 Å². The zero-order valence-electron chi connectivity index (χ0n) is 14.2. The highest BCUT2D eigenvalue weighted by atomic mass is 35.5. The maximum Gasteiger partial charge on any atom is 0.341 e. The third kappa shape index (κ3) is 4.03. The molecule has 0 atom stereocenters. The first-order valence-electron chi connectivity index (χ1n) is 8.11. The topological polar surface area (TPSA) is 63.0 Å². The van der Waals surface area contributed by atoms with E-state index in [2.05, 4.69) is 4.90 Å². The van der Waals surface area contributed by atoms with E-state index in [1.807, 2.05) is 0 Å². The lowest BCUT2D eigenvalue weighted by atomic mass is 10.1. The Balaban J connectivity index is 1.60. The molecule has 0 N–H and O–H groups in total. The molecule has 0 radical (unpaired) electrons. The molecule has 1 aromatic heterocycles. The van der Waals surface area contributed by atoms with Crippen molar-refractivity contribution in [2.45, 2.75) is 6.54 Å². The molecule has 138 valence electrons. The second-order valence-electron chi connectivity index (χ2n) is 5.94. The fourth-order valence-corrected chi connectivity index (χ4v) is 3.39. The number of amides is 1. The largest absolute Gasteiger partial charge is 0.467 e. The highest BCUT2D eigenvalue weighted by molar-refractivity contribution is 6.36. The SMILES string of the molecule is COC(=O)c1ccoc1CN1CCN(C(=O)c2ccc(Cl)cc2Cl)CC1. The van der Waals surface area contributed by atoms with Crippen molar-refractivity contribution in [1.29, 1.82) is 0 Å². The van der Waals surface area contributed by atoms with Crippen LogP contribution in [-0.2, 0) is 11.3 Å². The van der Waals surface area contributed by atoms with Crippen LogP contribution in [0.3, 0.4) is 0 Å². The van der Waals surface area contributed by atoms with Crippen molar-refractivity contribution in [3.8, 4) is 0 Å². The summed E-state index contributed by atoms with van der Waals surface area (Å²) in [5.74, 6) is 0.0388. The minimum atomic E-state index is -0.417. The molecular formula is C18H18Cl2N2O4. The average Bonchev–Trinajstić information content (AvgIpc) is 3.09. The van der Waals surface area contributed by atoms with E-state index >= 15 is 0 Å². The number of ether oxygens (including phenoxy) is 1. The number of piperazine rings is 1. The first kappa shape index (κ1) is 18.8. The van der Waals surface area contributed by atoms with Gasteiger partial charge in [0.25, 0.3) is 5.91 Å². The number of hydrogen-bond acceptors (Lipinski definition) is 5. The molecule has 0 unspecified atom stereocenters. The first-order valence-corrected chi connectivity index (χ1v) is 8.86. The molecule has 8 heteroatoms. The number of benzene rings is 1. The molecule has 1 aromatic carbocycles. The van der Waals surface area contributed by atoms with Crippen LogP contribution in [0.25, 0.3) is 0 Å². The minimum absolute atomic E-state index is 0.112. The van der Waals surface area contributed by atoms with Crippen molar-refractivity contribution in [3.05, 3.63) is 57.5 Å². The number of nitrogens with zero attached hydrogens (tertiary/aromatic N) is 2. The summed E-state index contributed by atoms with van der Waals surface area (Å²) in [5, 5.41) is 0.847. The van der Waals surface area contributed by atoms with Gasteiger partial charge in [0, 0.05) is 31.2 Å². The quantitative estimate of drug-likeness (QED) is 0.741. The minimum Gasteiger partial charge on any atom is -0.467 e. The van der Waals surface area contributed by atoms with Gasteiger partial charge in [0.1, 0.15) is 11.3 Å². The lowest BCUT2D eigenvalue weighted by molar-refractivity contribution is 0.0590. The Morgan fingerprint density at radius 3 is 2.50 bits per heavy atom. The molecule has 26 heavy (non-hydrogen) atoms. The summed E-state index contributed by atoms with van der Waals surface area (Å²) in [4.78, 5) is 28.2. The summed E-state index contributed by atoms with van der Waals surface area (Å²) in [6, 6.07) is 6.47. The second-order valence-corrected chi connectivity index (χ2v) is 6.79. The van der Waals surface area contributed by atoms with Gasteiger partial charge in [0.05, 0.1) is 30.5 Å². The molecule has 1 aliphatic heterocycles. The maximum atomic E-state index is 12.6. The van der Waals surface area contributed by atoms with E-state index in [4.69, 9.17) is 32.4 Å². The summed E-state index contributed by atoms with van der Waals surface area (Å²) < 4.78 is 10.2. The monoisotopic (exact) mass is 396 g/mol. The van der Waals surface area contributed by atoms with Gasteiger partial charge >= 0.3 is 5.97 Å². The highest BCUT2D eigenvalue weighted by Gasteiger charge is 2.25. The van der Waals surface area contributed by atoms with Crippen molar-refractivity contribution in [1.82, 2.24) is 9.80 Å². The zero-order valence-corrected chi connectivity index (χ0v) is 15.7. The Morgan fingerprint density at radius 2 is 1.85 bits per heavy atom. The van der Waals surface area contributed by atoms with Crippen LogP contribution >= 0.6 is 23.2 Å². The standard InChI is InChI=1S/C18H18Cl2N2O4/c1-25-18(24)14-4-9-26-16(14)11-21-5-7-22(8-6-21)17(23)13-3-2-12(19)10-15(13)20/h2-4,9-10H,5-8,11H2,1H3. The molecule has 6 nitrogen and oxygen atoms in total. The highest BCUT2D eigenvalue weighted by Crippen LogP contribution is 2.23. The van der Waals surface area contributed by atoms with E-state index in [1.165, 1.54) is 13.4 Å². The number of esters is 1. The summed E-state index contributed by atoms with van der Waals surface area (Å²) >= 11 is 12.0. The van der Waals surface area contributed by atoms with Crippen molar-refractivity contribution < 1.29 is 18.7 Å². The predicted molar refractivity (Wildman–Crippen MR) is 97.7 cm³/mol. The normalized spacial score (nSPS) is 15.1. The Hall–Kier alpha value is -2.02. The maximum absolute atomic E-state index is 12.6. The van der Waals surface area contributed by atoms with Gasteiger partial charge in [-0.05, 0) is 24.3 Å². The van der Waals surface area contributed by atoms with Crippen LogP contribution in [-0.4, -0.2) is 55.0 Å². The molecule has 1 fully saturated rings. The number of carbonyl (C=O) groups is 2. The summed E-state index contributed by atoms with van der Waals surface area (Å²) in [7, 11) is 1.34. The molecule has 1 saturated heterocycles. The smallest absolute Gasteiger partial charge is 0.341 e. The van der Waals surface area contributed by atoms with Gasteiger partial charge in [0.15, 0.2) is 0 Å². The molecule has 0 saturated carbocycles. The van der Waals surface area contributed by atoms with Gasteiger partial charge in [-0.2, -0.15) is 0 Å². The van der Waals surface area contributed by atoms with Crippen molar-refractivity contribution >= 4 is 35.1 Å². The molecule has 0 aliphatic carbocycles. The summed E-state index contributed by atoms with van der Waals surface area (Å²) in [6.07, 6.45) is 1.48. The molecule has 2 heterocycles. The van der Waals surface area contributed by atoms with Crippen LogP contribution in [0.1, 0.15) is 26.5 Å². The van der Waals surface area contributed by atoms with Crippen molar-refractivity contribution in [2.24, 2.45) is 0 Å². The average molecular weight is 397 g/mol. The Bertz CT molecular complexity index is 813. The number of furan rings is 1. The zero-order chi connectivity index (χ0) is 18.7. The summed E-state index contributed by atoms with van der Waals surface area (Å²) in [6.45, 7) is 2.94. The van der Waals surface area contributed by atoms with Crippen molar-refractivity contribution in [2.75, 3.05) is 33.3 Å². The van der Waals surface area contributed by atoms with Gasteiger partial charge in [-0.3, -0.25) is 9.69 Å². The van der Waals surface area contributed by atoms with Crippen LogP contribution < -0.4 is 0 Å². The van der Waals surface area contributed by atoms with Gasteiger partial charge in [0.2, 0.25) is 0 Å². The first-order chi connectivity index (χ1) is 12.5. The molecule has 1 aliphatic rings. The number of rotatable bonds is 4. The lowest BCUT2D eigenvalue weighted by Gasteiger charge is -2.34. The predicted octanol–water partition coefficient (Wildman–Crippen LogP) is 3.33. The molecule has 0 bridgehead atoms. The van der Waals surface area contributed by atoms with E-state index in [-0.39, 0.29) is 5.91 Å². The molecule has 1 amide bonds. The third-order valence-electron chi connectivity index (χ3n) is 4.34. The number of hydrogen-bond donors (Lipinski definition) is 0. The number of halogens is 2. The van der Waals surface area contributed by atoms with E-state index in [9.17, 15) is 9.59 Å². The van der Waals surface area contributed by atoms with Crippen molar-refractivity contribution in [3.63, 3.8) is 0 Å². The second kappa shape index (κ2) is 8.12. The Labute approximate surface area is 161 Å². The number of carbonyl (C=O) groups excluding carboxylic acids is 2. The Kier molecular flexibility index (Phi) is 5.86. The third-order valence-corrected chi connectivity index (χ3v) is 4.89. The van der Waals surface area contributed by atoms with E-state index < -0.39 is 5.97 Å². The summed E-state index contributed by atoms with van der Waals surface area (Å²) in [5.41, 5.74) is 0.877. The van der Waals surface area contributed by atoms with Crippen LogP contribution in [0.15, 0.2) is 34.9 Å². The van der Waals surface area contributed by atoms with E-state index in [1.54, 1.807) is 29.2 Å². The van der Waals surface area contributed by atoms with E-state index in [0.29, 0.717) is 59.7 Å². The fourth-order valence-electron chi connectivity index (χ4n) is 2.90. The lowest BCUT2D eigenvalue weighted by Crippen LogP contribution is -2.48. The number of methoxy groups -OCH3 is 1. The van der Waals surface area contributed by atoms with Crippen LogP contribution in [0, 0.1) is 0 Å². The molecular weight excluding hydrogens is 379 g/mol. The fraction of sp³-hybridized carbons (Fsp3) is 0.333. The van der Waals surface area contributed by atoms with Crippen LogP contribution in [0.5, 0.6) is 0 Å². The molecule has 0 spiro atoms. The molecule has 3 rings (SSSR count). The van der Waals surface area contributed by atoms with Gasteiger partial charge in [-0.15, -0.1) is 0 Å². The van der Waals surface area contributed by atoms with Gasteiger partial charge < -0.3 is 14.1 Å². The molecule has 2 aromatic rings. The Morgan fingerprint density at radius 1 is 1.12 bits per heavy atom.